The molecule has 0 spiro atoms. The predicted octanol–water partition coefficient (Wildman–Crippen LogP) is 1.28. The largest absolute Gasteiger partial charge is 0.382 e. The van der Waals surface area contributed by atoms with Crippen molar-refractivity contribution in [3.63, 3.8) is 0 Å². The number of nitrogens with one attached hydrogen (secondary N) is 1. The zero-order valence-corrected chi connectivity index (χ0v) is 8.47. The summed E-state index contributed by atoms with van der Waals surface area (Å²) >= 11 is 0. The van der Waals surface area contributed by atoms with Crippen LogP contribution in [0, 0.1) is 6.07 Å². The van der Waals surface area contributed by atoms with Gasteiger partial charge in [0.05, 0.1) is 4.90 Å². The molecule has 0 bridgehead atoms. The smallest absolute Gasteiger partial charge is 0.168 e. The average molecular weight is 198 g/mol. The highest BCUT2D eigenvalue weighted by Gasteiger charge is 1.97. The Labute approximate surface area is 79.7 Å². The quantitative estimate of drug-likeness (QED) is 0.719. The van der Waals surface area contributed by atoms with Gasteiger partial charge in [-0.25, -0.2) is 8.42 Å². The molecule has 1 radical (unpaired) electrons. The Kier molecular flexibility index (Phi) is 3.31. The molecule has 0 saturated carbocycles. The first-order chi connectivity index (χ1) is 6.09. The number of rotatable bonds is 3. The van der Waals surface area contributed by atoms with E-state index in [0.717, 1.165) is 5.69 Å². The molecule has 0 heterocycles. The summed E-state index contributed by atoms with van der Waals surface area (Å²) in [5, 5.41) is 3.12. The van der Waals surface area contributed by atoms with E-state index in [0.29, 0.717) is 10.9 Å². The number of anilines is 1. The minimum Gasteiger partial charge on any atom is -0.382 e. The number of benzene rings is 1. The summed E-state index contributed by atoms with van der Waals surface area (Å²) in [5.74, 6) is 0. The fraction of sp³-hybridized carbons (Fsp3) is 0.333. The van der Waals surface area contributed by atoms with Crippen LogP contribution in [0.2, 0.25) is 0 Å². The monoisotopic (exact) mass is 198 g/mol. The molecule has 0 saturated heterocycles. The van der Waals surface area contributed by atoms with Crippen LogP contribution in [0.3, 0.4) is 0 Å². The molecule has 0 unspecified atom stereocenters. The third-order valence-electron chi connectivity index (χ3n) is 1.45. The lowest BCUT2D eigenvalue weighted by Gasteiger charge is -2.08. The highest BCUT2D eigenvalue weighted by molar-refractivity contribution is 7.72. The van der Waals surface area contributed by atoms with Crippen LogP contribution in [0.4, 0.5) is 5.69 Å². The summed E-state index contributed by atoms with van der Waals surface area (Å²) in [4.78, 5) is 0.296. The fourth-order valence-electron chi connectivity index (χ4n) is 0.931. The van der Waals surface area contributed by atoms with Crippen molar-refractivity contribution in [2.24, 2.45) is 0 Å². The fourth-order valence-corrected chi connectivity index (χ4v) is 1.30. The molecule has 0 aliphatic carbocycles. The number of thiol groups is 1. The zero-order chi connectivity index (χ0) is 9.84. The van der Waals surface area contributed by atoms with Crippen molar-refractivity contribution in [2.45, 2.75) is 24.8 Å². The topological polar surface area (TPSA) is 46.2 Å². The molecule has 0 aliphatic rings. The SMILES string of the molecule is CC(C)Nc1[c]cc([SH](=O)=O)cc1. The molecule has 4 heteroatoms. The summed E-state index contributed by atoms with van der Waals surface area (Å²) in [5.41, 5.74) is 0.815. The van der Waals surface area contributed by atoms with E-state index >= 15 is 0 Å². The third kappa shape index (κ3) is 3.06. The lowest BCUT2D eigenvalue weighted by atomic mass is 10.3. The van der Waals surface area contributed by atoms with E-state index in [4.69, 9.17) is 0 Å². The van der Waals surface area contributed by atoms with Crippen LogP contribution in [-0.4, -0.2) is 14.5 Å². The van der Waals surface area contributed by atoms with Crippen molar-refractivity contribution in [1.82, 2.24) is 0 Å². The second kappa shape index (κ2) is 4.28. The summed E-state index contributed by atoms with van der Waals surface area (Å²) in [6.45, 7) is 4.02. The normalized spacial score (nSPS) is 10.8. The number of hydrogen-bond acceptors (Lipinski definition) is 3. The van der Waals surface area contributed by atoms with E-state index in [9.17, 15) is 8.42 Å². The van der Waals surface area contributed by atoms with Gasteiger partial charge in [-0.1, -0.05) is 0 Å². The molecule has 0 aromatic heterocycles. The van der Waals surface area contributed by atoms with Gasteiger partial charge in [-0.3, -0.25) is 0 Å². The Morgan fingerprint density at radius 3 is 2.46 bits per heavy atom. The maximum absolute atomic E-state index is 10.5. The van der Waals surface area contributed by atoms with Crippen LogP contribution in [0.25, 0.3) is 0 Å². The Hall–Kier alpha value is -1.03. The van der Waals surface area contributed by atoms with Crippen molar-refractivity contribution in [3.8, 4) is 0 Å². The van der Waals surface area contributed by atoms with Gasteiger partial charge in [-0.05, 0) is 32.0 Å². The molecule has 1 rings (SSSR count). The second-order valence-electron chi connectivity index (χ2n) is 3.02. The lowest BCUT2D eigenvalue weighted by molar-refractivity contribution is 0.614. The molecule has 1 aromatic carbocycles. The second-order valence-corrected chi connectivity index (χ2v) is 4.05. The molecular formula is C9H12NO2S. The first kappa shape index (κ1) is 10.1. The van der Waals surface area contributed by atoms with Gasteiger partial charge in [0, 0.05) is 17.8 Å². The maximum atomic E-state index is 10.5. The van der Waals surface area contributed by atoms with E-state index in [2.05, 4.69) is 11.4 Å². The minimum absolute atomic E-state index is 0.296. The van der Waals surface area contributed by atoms with E-state index in [-0.39, 0.29) is 0 Å². The van der Waals surface area contributed by atoms with Gasteiger partial charge in [-0.2, -0.15) is 0 Å². The molecule has 1 N–H and O–H groups in total. The van der Waals surface area contributed by atoms with Crippen LogP contribution >= 0.6 is 0 Å². The van der Waals surface area contributed by atoms with Crippen LogP contribution in [0.1, 0.15) is 13.8 Å². The van der Waals surface area contributed by atoms with E-state index < -0.39 is 10.7 Å². The van der Waals surface area contributed by atoms with Crippen molar-refractivity contribution in [3.05, 3.63) is 24.3 Å². The highest BCUT2D eigenvalue weighted by Crippen LogP contribution is 2.10. The molecule has 0 aliphatic heterocycles. The number of hydrogen-bond donors (Lipinski definition) is 2. The van der Waals surface area contributed by atoms with Crippen molar-refractivity contribution in [1.29, 1.82) is 0 Å². The Morgan fingerprint density at radius 2 is 2.08 bits per heavy atom. The summed E-state index contributed by atoms with van der Waals surface area (Å²) in [7, 11) is -2.49. The molecule has 3 nitrogen and oxygen atoms in total. The molecule has 0 amide bonds. The average Bonchev–Trinajstić information content (AvgIpc) is 2.04. The van der Waals surface area contributed by atoms with Crippen LogP contribution in [0.15, 0.2) is 23.1 Å². The summed E-state index contributed by atoms with van der Waals surface area (Å²) < 4.78 is 21.1. The van der Waals surface area contributed by atoms with E-state index in [1.165, 1.54) is 6.07 Å². The molecule has 0 atom stereocenters. The summed E-state index contributed by atoms with van der Waals surface area (Å²) in [6.07, 6.45) is 0. The molecule has 0 fully saturated rings. The van der Waals surface area contributed by atoms with Crippen molar-refractivity contribution >= 4 is 16.4 Å². The van der Waals surface area contributed by atoms with Gasteiger partial charge in [-0.15, -0.1) is 0 Å². The zero-order valence-electron chi connectivity index (χ0n) is 7.57. The van der Waals surface area contributed by atoms with Gasteiger partial charge >= 0.3 is 0 Å². The van der Waals surface area contributed by atoms with Crippen LogP contribution in [-0.2, 0) is 10.7 Å². The molecular weight excluding hydrogens is 186 g/mol. The third-order valence-corrected chi connectivity index (χ3v) is 2.15. The standard InChI is InChI=1S/C9H12NO2S/c1-7(2)10-8-3-5-9(6-4-8)13(11)12/h3,5-7,10,13H,1-2H3. The Bertz CT molecular complexity index is 333. The van der Waals surface area contributed by atoms with Gasteiger partial charge < -0.3 is 5.32 Å². The van der Waals surface area contributed by atoms with Gasteiger partial charge in [0.15, 0.2) is 10.7 Å². The molecule has 13 heavy (non-hydrogen) atoms. The minimum atomic E-state index is -2.49. The van der Waals surface area contributed by atoms with E-state index in [1.807, 2.05) is 13.8 Å². The van der Waals surface area contributed by atoms with Crippen molar-refractivity contribution < 1.29 is 8.42 Å². The Morgan fingerprint density at radius 1 is 1.38 bits per heavy atom. The highest BCUT2D eigenvalue weighted by atomic mass is 32.2. The molecule has 71 valence electrons. The first-order valence-electron chi connectivity index (χ1n) is 4.02. The maximum Gasteiger partial charge on any atom is 0.168 e. The Balaban J connectivity index is 2.81. The van der Waals surface area contributed by atoms with Gasteiger partial charge in [0.2, 0.25) is 0 Å². The summed E-state index contributed by atoms with van der Waals surface area (Å²) in [6, 6.07) is 7.92. The first-order valence-corrected chi connectivity index (χ1v) is 5.20. The van der Waals surface area contributed by atoms with Gasteiger partial charge in [0.1, 0.15) is 0 Å². The van der Waals surface area contributed by atoms with Crippen LogP contribution in [0.5, 0.6) is 0 Å². The van der Waals surface area contributed by atoms with Crippen LogP contribution < -0.4 is 5.32 Å². The lowest BCUT2D eigenvalue weighted by Crippen LogP contribution is -2.09. The molecule has 1 aromatic rings. The van der Waals surface area contributed by atoms with Gasteiger partial charge in [0.25, 0.3) is 0 Å². The predicted molar refractivity (Wildman–Crippen MR) is 52.6 cm³/mol. The van der Waals surface area contributed by atoms with E-state index in [1.54, 1.807) is 12.1 Å². The van der Waals surface area contributed by atoms with Crippen molar-refractivity contribution in [2.75, 3.05) is 5.32 Å².